The molecule has 1 rings (SSSR count). The summed E-state index contributed by atoms with van der Waals surface area (Å²) < 4.78 is 9.53. The van der Waals surface area contributed by atoms with Gasteiger partial charge in [0.1, 0.15) is 5.75 Å². The number of methoxy groups -OCH3 is 2. The van der Waals surface area contributed by atoms with E-state index < -0.39 is 5.97 Å². The van der Waals surface area contributed by atoms with Gasteiger partial charge in [-0.1, -0.05) is 0 Å². The summed E-state index contributed by atoms with van der Waals surface area (Å²) in [6.45, 7) is 0. The number of pyridine rings is 1. The third-order valence-electron chi connectivity index (χ3n) is 1.63. The smallest absolute Gasteiger partial charge is 0.330 e. The first kappa shape index (κ1) is 10.2. The summed E-state index contributed by atoms with van der Waals surface area (Å²) in [7, 11) is 2.89. The van der Waals surface area contributed by atoms with Crippen molar-refractivity contribution >= 4 is 12.0 Å². The van der Waals surface area contributed by atoms with Crippen molar-refractivity contribution in [1.29, 1.82) is 0 Å². The van der Waals surface area contributed by atoms with Crippen LogP contribution in [0.2, 0.25) is 0 Å². The van der Waals surface area contributed by atoms with Crippen LogP contribution in [0.5, 0.6) is 5.75 Å². The van der Waals surface area contributed by atoms with Crippen LogP contribution in [0.3, 0.4) is 0 Å². The van der Waals surface area contributed by atoms with Crippen molar-refractivity contribution in [3.8, 4) is 5.75 Å². The lowest BCUT2D eigenvalue weighted by atomic mass is 10.2. The number of carbonyl (C=O) groups is 1. The Labute approximate surface area is 82.2 Å². The quantitative estimate of drug-likeness (QED) is 0.536. The van der Waals surface area contributed by atoms with Gasteiger partial charge in [0.05, 0.1) is 14.2 Å². The Kier molecular flexibility index (Phi) is 3.67. The second-order valence-electron chi connectivity index (χ2n) is 2.47. The topological polar surface area (TPSA) is 48.4 Å². The Balaban J connectivity index is 2.85. The fraction of sp³-hybridized carbons (Fsp3) is 0.200. The number of esters is 1. The molecule has 0 aliphatic rings. The van der Waals surface area contributed by atoms with E-state index in [-0.39, 0.29) is 0 Å². The minimum absolute atomic E-state index is 0.407. The summed E-state index contributed by atoms with van der Waals surface area (Å²) in [6, 6.07) is 1.72. The predicted molar refractivity (Wildman–Crippen MR) is 51.8 cm³/mol. The molecule has 0 aliphatic heterocycles. The van der Waals surface area contributed by atoms with E-state index in [4.69, 9.17) is 4.74 Å². The van der Waals surface area contributed by atoms with Crippen LogP contribution in [-0.2, 0) is 9.53 Å². The number of ether oxygens (including phenoxy) is 2. The van der Waals surface area contributed by atoms with Gasteiger partial charge in [0.2, 0.25) is 0 Å². The van der Waals surface area contributed by atoms with Crippen LogP contribution in [0, 0.1) is 0 Å². The molecule has 74 valence electrons. The van der Waals surface area contributed by atoms with Crippen molar-refractivity contribution < 1.29 is 14.3 Å². The van der Waals surface area contributed by atoms with E-state index in [1.54, 1.807) is 31.6 Å². The molecular weight excluding hydrogens is 182 g/mol. The molecular formula is C10H11NO3. The SMILES string of the molecule is COC(=O)/C=C/c1cnccc1OC. The van der Waals surface area contributed by atoms with E-state index in [9.17, 15) is 4.79 Å². The zero-order valence-electron chi connectivity index (χ0n) is 8.06. The minimum atomic E-state index is -0.407. The number of hydrogen-bond acceptors (Lipinski definition) is 4. The first-order chi connectivity index (χ1) is 6.77. The normalized spacial score (nSPS) is 10.1. The lowest BCUT2D eigenvalue weighted by Crippen LogP contribution is -1.94. The Morgan fingerprint density at radius 1 is 1.50 bits per heavy atom. The molecule has 0 atom stereocenters. The van der Waals surface area contributed by atoms with Crippen LogP contribution in [0.25, 0.3) is 6.08 Å². The van der Waals surface area contributed by atoms with Gasteiger partial charge in [-0.05, 0) is 12.1 Å². The number of carbonyl (C=O) groups excluding carboxylic acids is 1. The zero-order valence-corrected chi connectivity index (χ0v) is 8.06. The van der Waals surface area contributed by atoms with Gasteiger partial charge in [-0.25, -0.2) is 4.79 Å². The van der Waals surface area contributed by atoms with E-state index in [1.165, 1.54) is 13.2 Å². The van der Waals surface area contributed by atoms with Crippen molar-refractivity contribution in [3.63, 3.8) is 0 Å². The fourth-order valence-electron chi connectivity index (χ4n) is 0.931. The van der Waals surface area contributed by atoms with Crippen molar-refractivity contribution in [3.05, 3.63) is 30.1 Å². The van der Waals surface area contributed by atoms with E-state index >= 15 is 0 Å². The summed E-state index contributed by atoms with van der Waals surface area (Å²) in [5, 5.41) is 0. The molecule has 0 saturated heterocycles. The second-order valence-corrected chi connectivity index (χ2v) is 2.47. The summed E-state index contributed by atoms with van der Waals surface area (Å²) in [5.74, 6) is 0.260. The highest BCUT2D eigenvalue weighted by Gasteiger charge is 1.98. The molecule has 0 aliphatic carbocycles. The average Bonchev–Trinajstić information content (AvgIpc) is 2.26. The highest BCUT2D eigenvalue weighted by molar-refractivity contribution is 5.87. The molecule has 0 bridgehead atoms. The Hall–Kier alpha value is -1.84. The molecule has 0 N–H and O–H groups in total. The monoisotopic (exact) mass is 193 g/mol. The molecule has 0 unspecified atom stereocenters. The highest BCUT2D eigenvalue weighted by atomic mass is 16.5. The highest BCUT2D eigenvalue weighted by Crippen LogP contribution is 2.16. The maximum absolute atomic E-state index is 10.8. The Bertz CT molecular complexity index is 347. The maximum atomic E-state index is 10.8. The number of rotatable bonds is 3. The van der Waals surface area contributed by atoms with Crippen LogP contribution in [0.15, 0.2) is 24.5 Å². The van der Waals surface area contributed by atoms with Crippen molar-refractivity contribution in [2.75, 3.05) is 14.2 Å². The van der Waals surface area contributed by atoms with Gasteiger partial charge in [0.15, 0.2) is 0 Å². The molecule has 1 aromatic heterocycles. The number of nitrogens with zero attached hydrogens (tertiary/aromatic N) is 1. The van der Waals surface area contributed by atoms with E-state index in [1.807, 2.05) is 0 Å². The molecule has 0 saturated carbocycles. The maximum Gasteiger partial charge on any atom is 0.330 e. The molecule has 0 amide bonds. The van der Waals surface area contributed by atoms with E-state index in [0.717, 1.165) is 5.56 Å². The summed E-state index contributed by atoms with van der Waals surface area (Å²) in [6.07, 6.45) is 6.14. The molecule has 0 aromatic carbocycles. The third-order valence-corrected chi connectivity index (χ3v) is 1.63. The third kappa shape index (κ3) is 2.58. The molecule has 4 heteroatoms. The zero-order chi connectivity index (χ0) is 10.4. The number of hydrogen-bond donors (Lipinski definition) is 0. The molecule has 1 heterocycles. The van der Waals surface area contributed by atoms with Crippen LogP contribution >= 0.6 is 0 Å². The Morgan fingerprint density at radius 3 is 2.93 bits per heavy atom. The molecule has 0 spiro atoms. The summed E-state index contributed by atoms with van der Waals surface area (Å²) >= 11 is 0. The lowest BCUT2D eigenvalue weighted by Gasteiger charge is -2.02. The Morgan fingerprint density at radius 2 is 2.29 bits per heavy atom. The summed E-state index contributed by atoms with van der Waals surface area (Å²) in [4.78, 5) is 14.7. The van der Waals surface area contributed by atoms with Gasteiger partial charge in [-0.3, -0.25) is 4.98 Å². The first-order valence-corrected chi connectivity index (χ1v) is 4.02. The predicted octanol–water partition coefficient (Wildman–Crippen LogP) is 1.28. The number of aromatic nitrogens is 1. The van der Waals surface area contributed by atoms with Gasteiger partial charge in [0, 0.05) is 24.0 Å². The van der Waals surface area contributed by atoms with Gasteiger partial charge in [0.25, 0.3) is 0 Å². The van der Waals surface area contributed by atoms with E-state index in [2.05, 4.69) is 9.72 Å². The van der Waals surface area contributed by atoms with Crippen LogP contribution in [-0.4, -0.2) is 25.2 Å². The van der Waals surface area contributed by atoms with Crippen LogP contribution in [0.4, 0.5) is 0 Å². The fourth-order valence-corrected chi connectivity index (χ4v) is 0.931. The first-order valence-electron chi connectivity index (χ1n) is 4.02. The molecule has 4 nitrogen and oxygen atoms in total. The van der Waals surface area contributed by atoms with Crippen molar-refractivity contribution in [2.24, 2.45) is 0 Å². The molecule has 14 heavy (non-hydrogen) atoms. The van der Waals surface area contributed by atoms with Gasteiger partial charge in [-0.15, -0.1) is 0 Å². The van der Waals surface area contributed by atoms with Gasteiger partial charge >= 0.3 is 5.97 Å². The molecule has 1 aromatic rings. The second kappa shape index (κ2) is 5.01. The standard InChI is InChI=1S/C10H11NO3/c1-13-9-5-6-11-7-8(9)3-4-10(12)14-2/h3-7H,1-2H3/b4-3+. The largest absolute Gasteiger partial charge is 0.496 e. The van der Waals surface area contributed by atoms with Gasteiger partial charge in [-0.2, -0.15) is 0 Å². The van der Waals surface area contributed by atoms with Gasteiger partial charge < -0.3 is 9.47 Å². The van der Waals surface area contributed by atoms with E-state index in [0.29, 0.717) is 5.75 Å². The average molecular weight is 193 g/mol. The van der Waals surface area contributed by atoms with Crippen LogP contribution < -0.4 is 4.74 Å². The van der Waals surface area contributed by atoms with Crippen molar-refractivity contribution in [1.82, 2.24) is 4.98 Å². The van der Waals surface area contributed by atoms with Crippen molar-refractivity contribution in [2.45, 2.75) is 0 Å². The van der Waals surface area contributed by atoms with Crippen LogP contribution in [0.1, 0.15) is 5.56 Å². The molecule has 0 radical (unpaired) electrons. The molecule has 0 fully saturated rings. The summed E-state index contributed by atoms with van der Waals surface area (Å²) in [5.41, 5.74) is 0.736. The minimum Gasteiger partial charge on any atom is -0.496 e. The lowest BCUT2D eigenvalue weighted by molar-refractivity contribution is -0.134.